The molecule has 20 heavy (non-hydrogen) atoms. The van der Waals surface area contributed by atoms with Crippen molar-refractivity contribution in [1.29, 1.82) is 0 Å². The number of imidazole rings is 1. The molecule has 0 aliphatic carbocycles. The van der Waals surface area contributed by atoms with Crippen LogP contribution in [0.15, 0.2) is 42.6 Å². The van der Waals surface area contributed by atoms with Crippen molar-refractivity contribution in [3.05, 3.63) is 42.6 Å². The smallest absolute Gasteiger partial charge is 0.246 e. The molecule has 4 rings (SSSR count). The summed E-state index contributed by atoms with van der Waals surface area (Å²) in [4.78, 5) is 23.0. The molecule has 3 heterocycles. The zero-order chi connectivity index (χ0) is 13.7. The number of carbonyl (C=O) groups excluding carboxylic acids is 1. The number of anilines is 1. The van der Waals surface area contributed by atoms with Gasteiger partial charge in [-0.1, -0.05) is 12.1 Å². The number of carbonyl (C=O) groups is 1. The van der Waals surface area contributed by atoms with Crippen molar-refractivity contribution in [1.82, 2.24) is 14.5 Å². The van der Waals surface area contributed by atoms with Gasteiger partial charge in [0.2, 0.25) is 5.91 Å². The molecule has 0 N–H and O–H groups in total. The Kier molecular flexibility index (Phi) is 2.18. The third kappa shape index (κ3) is 1.40. The van der Waals surface area contributed by atoms with Gasteiger partial charge in [0.1, 0.15) is 17.9 Å². The molecule has 0 bridgehead atoms. The molecule has 1 amide bonds. The van der Waals surface area contributed by atoms with E-state index in [2.05, 4.69) is 9.97 Å². The first-order chi connectivity index (χ1) is 9.75. The van der Waals surface area contributed by atoms with Crippen LogP contribution in [0.5, 0.6) is 0 Å². The summed E-state index contributed by atoms with van der Waals surface area (Å²) in [5.74, 6) is 0.827. The zero-order valence-corrected chi connectivity index (χ0v) is 10.9. The highest BCUT2D eigenvalue weighted by molar-refractivity contribution is 6.00. The van der Waals surface area contributed by atoms with Gasteiger partial charge in [-0.2, -0.15) is 0 Å². The number of hydrogen-bond donors (Lipinski definition) is 0. The molecule has 5 nitrogen and oxygen atoms in total. The number of likely N-dealkylation sites (N-methyl/N-ethyl adjacent to an activating group) is 1. The van der Waals surface area contributed by atoms with Crippen LogP contribution in [-0.4, -0.2) is 27.5 Å². The molecule has 0 unspecified atom stereocenters. The molecule has 0 spiro atoms. The molecule has 2 aromatic heterocycles. The molecule has 0 saturated carbocycles. The van der Waals surface area contributed by atoms with Crippen LogP contribution in [0.4, 0.5) is 5.69 Å². The van der Waals surface area contributed by atoms with Crippen LogP contribution in [0.25, 0.3) is 22.6 Å². The molecule has 1 aliphatic heterocycles. The highest BCUT2D eigenvalue weighted by Gasteiger charge is 2.25. The lowest BCUT2D eigenvalue weighted by Gasteiger charge is -2.16. The van der Waals surface area contributed by atoms with Gasteiger partial charge in [-0.25, -0.2) is 9.97 Å². The number of hydrogen-bond acceptors (Lipinski definition) is 3. The molecule has 1 aromatic carbocycles. The van der Waals surface area contributed by atoms with E-state index in [0.29, 0.717) is 0 Å². The van der Waals surface area contributed by atoms with Crippen LogP contribution in [0.3, 0.4) is 0 Å². The lowest BCUT2D eigenvalue weighted by Crippen LogP contribution is -2.28. The molecular formula is C15H12N4O. The van der Waals surface area contributed by atoms with Crippen LogP contribution in [0, 0.1) is 0 Å². The van der Waals surface area contributed by atoms with E-state index in [-0.39, 0.29) is 12.5 Å². The Balaban J connectivity index is 2.12. The third-order valence-corrected chi connectivity index (χ3v) is 3.68. The maximum Gasteiger partial charge on any atom is 0.246 e. The highest BCUT2D eigenvalue weighted by Crippen LogP contribution is 2.34. The highest BCUT2D eigenvalue weighted by atomic mass is 16.2. The van der Waals surface area contributed by atoms with Crippen LogP contribution in [-0.2, 0) is 11.3 Å². The van der Waals surface area contributed by atoms with E-state index in [1.807, 2.05) is 41.0 Å². The van der Waals surface area contributed by atoms with Gasteiger partial charge in [-0.3, -0.25) is 9.36 Å². The zero-order valence-electron chi connectivity index (χ0n) is 10.9. The molecule has 98 valence electrons. The maximum atomic E-state index is 12.3. The summed E-state index contributed by atoms with van der Waals surface area (Å²) in [5.41, 5.74) is 3.40. The molecule has 0 radical (unpaired) electrons. The SMILES string of the molecule is CN1C(=O)Cn2c(nc3cccnc32)-c2ccccc21. The van der Waals surface area contributed by atoms with Crippen molar-refractivity contribution in [2.45, 2.75) is 6.54 Å². The van der Waals surface area contributed by atoms with Gasteiger partial charge in [0.15, 0.2) is 5.65 Å². The minimum absolute atomic E-state index is 0.0288. The van der Waals surface area contributed by atoms with Gasteiger partial charge in [-0.15, -0.1) is 0 Å². The summed E-state index contributed by atoms with van der Waals surface area (Å²) in [6.45, 7) is 0.258. The topological polar surface area (TPSA) is 51.0 Å². The molecule has 0 fully saturated rings. The number of nitrogens with zero attached hydrogens (tertiary/aromatic N) is 4. The average Bonchev–Trinajstić information content (AvgIpc) is 2.80. The Morgan fingerprint density at radius 2 is 2.00 bits per heavy atom. The summed E-state index contributed by atoms with van der Waals surface area (Å²) < 4.78 is 1.89. The largest absolute Gasteiger partial charge is 0.313 e. The number of fused-ring (bicyclic) bond motifs is 5. The van der Waals surface area contributed by atoms with Crippen molar-refractivity contribution < 1.29 is 4.79 Å². The molecule has 1 aliphatic rings. The van der Waals surface area contributed by atoms with E-state index in [1.165, 1.54) is 0 Å². The Labute approximate surface area is 115 Å². The van der Waals surface area contributed by atoms with Crippen molar-refractivity contribution >= 4 is 22.8 Å². The van der Waals surface area contributed by atoms with Crippen LogP contribution >= 0.6 is 0 Å². The first-order valence-corrected chi connectivity index (χ1v) is 6.43. The van der Waals surface area contributed by atoms with Gasteiger partial charge in [0.25, 0.3) is 0 Å². The standard InChI is InChI=1S/C15H12N4O/c1-18-12-7-3-2-5-10(12)14-17-11-6-4-8-16-15(11)19(14)9-13(18)20/h2-8H,9H2,1H3. The fraction of sp³-hybridized carbons (Fsp3) is 0.133. The summed E-state index contributed by atoms with van der Waals surface area (Å²) >= 11 is 0. The van der Waals surface area contributed by atoms with E-state index < -0.39 is 0 Å². The van der Waals surface area contributed by atoms with E-state index in [0.717, 1.165) is 28.2 Å². The second kappa shape index (κ2) is 3.90. The Morgan fingerprint density at radius 1 is 1.15 bits per heavy atom. The first kappa shape index (κ1) is 11.2. The summed E-state index contributed by atoms with van der Waals surface area (Å²) in [7, 11) is 1.79. The fourth-order valence-corrected chi connectivity index (χ4v) is 2.64. The van der Waals surface area contributed by atoms with Gasteiger partial charge >= 0.3 is 0 Å². The minimum atomic E-state index is 0.0288. The normalized spacial score (nSPS) is 14.1. The van der Waals surface area contributed by atoms with Gasteiger partial charge in [-0.05, 0) is 24.3 Å². The fourth-order valence-electron chi connectivity index (χ4n) is 2.64. The average molecular weight is 264 g/mol. The maximum absolute atomic E-state index is 12.3. The predicted molar refractivity (Wildman–Crippen MR) is 76.4 cm³/mol. The second-order valence-corrected chi connectivity index (χ2v) is 4.84. The van der Waals surface area contributed by atoms with E-state index in [4.69, 9.17) is 0 Å². The van der Waals surface area contributed by atoms with E-state index >= 15 is 0 Å². The van der Waals surface area contributed by atoms with Crippen LogP contribution in [0.1, 0.15) is 0 Å². The van der Waals surface area contributed by atoms with Crippen molar-refractivity contribution in [2.75, 3.05) is 11.9 Å². The minimum Gasteiger partial charge on any atom is -0.313 e. The van der Waals surface area contributed by atoms with E-state index in [1.54, 1.807) is 18.1 Å². The monoisotopic (exact) mass is 264 g/mol. The Morgan fingerprint density at radius 3 is 2.90 bits per heavy atom. The molecule has 3 aromatic rings. The molecular weight excluding hydrogens is 252 g/mol. The Bertz CT molecular complexity index is 837. The molecule has 5 heteroatoms. The van der Waals surface area contributed by atoms with Crippen molar-refractivity contribution in [2.24, 2.45) is 0 Å². The number of rotatable bonds is 0. The first-order valence-electron chi connectivity index (χ1n) is 6.43. The van der Waals surface area contributed by atoms with Crippen LogP contribution in [0.2, 0.25) is 0 Å². The lowest BCUT2D eigenvalue weighted by molar-refractivity contribution is -0.118. The van der Waals surface area contributed by atoms with Crippen molar-refractivity contribution in [3.63, 3.8) is 0 Å². The van der Waals surface area contributed by atoms with Gasteiger partial charge < -0.3 is 4.90 Å². The number of aromatic nitrogens is 3. The quantitative estimate of drug-likeness (QED) is 0.624. The van der Waals surface area contributed by atoms with Gasteiger partial charge in [0, 0.05) is 18.8 Å². The van der Waals surface area contributed by atoms with E-state index in [9.17, 15) is 4.79 Å². The Hall–Kier alpha value is -2.69. The number of para-hydroxylation sites is 1. The summed E-state index contributed by atoms with van der Waals surface area (Å²) in [5, 5.41) is 0. The van der Waals surface area contributed by atoms with Crippen LogP contribution < -0.4 is 4.90 Å². The van der Waals surface area contributed by atoms with Crippen molar-refractivity contribution in [3.8, 4) is 11.4 Å². The number of benzene rings is 1. The summed E-state index contributed by atoms with van der Waals surface area (Å²) in [6, 6.07) is 11.6. The summed E-state index contributed by atoms with van der Waals surface area (Å²) in [6.07, 6.45) is 1.72. The molecule has 0 saturated heterocycles. The number of amides is 1. The number of pyridine rings is 1. The van der Waals surface area contributed by atoms with Gasteiger partial charge in [0.05, 0.1) is 5.69 Å². The lowest BCUT2D eigenvalue weighted by atomic mass is 10.1. The predicted octanol–water partition coefficient (Wildman–Crippen LogP) is 2.07. The molecule has 0 atom stereocenters. The third-order valence-electron chi connectivity index (χ3n) is 3.68. The second-order valence-electron chi connectivity index (χ2n) is 4.84.